The Kier molecular flexibility index (Phi) is 5.12. The minimum absolute atomic E-state index is 0.0534. The predicted molar refractivity (Wildman–Crippen MR) is 97.7 cm³/mol. The molecule has 0 fully saturated rings. The van der Waals surface area contributed by atoms with Gasteiger partial charge < -0.3 is 9.64 Å². The van der Waals surface area contributed by atoms with Gasteiger partial charge in [-0.1, -0.05) is 18.2 Å². The minimum atomic E-state index is -3.88. The molecule has 3 rings (SSSR count). The van der Waals surface area contributed by atoms with Crippen molar-refractivity contribution in [3.8, 4) is 0 Å². The van der Waals surface area contributed by atoms with Crippen LogP contribution in [0, 0.1) is 0 Å². The lowest BCUT2D eigenvalue weighted by Crippen LogP contribution is -2.42. The lowest BCUT2D eigenvalue weighted by molar-refractivity contribution is -0.126. The summed E-state index contributed by atoms with van der Waals surface area (Å²) in [7, 11) is -3.88. The van der Waals surface area contributed by atoms with E-state index in [0.29, 0.717) is 6.54 Å². The first-order valence-corrected chi connectivity index (χ1v) is 10.4. The first-order chi connectivity index (χ1) is 12.3. The van der Waals surface area contributed by atoms with Crippen molar-refractivity contribution in [3.63, 3.8) is 0 Å². The number of thiophene rings is 1. The maximum atomic E-state index is 12.7. The van der Waals surface area contributed by atoms with E-state index in [4.69, 9.17) is 9.88 Å². The number of benzene rings is 1. The van der Waals surface area contributed by atoms with Crippen LogP contribution in [0.15, 0.2) is 39.9 Å². The molecule has 0 bridgehead atoms. The molecular formula is C17H18N2O5S2. The first-order valence-electron chi connectivity index (χ1n) is 7.99. The van der Waals surface area contributed by atoms with E-state index in [1.807, 2.05) is 24.3 Å². The monoisotopic (exact) mass is 394 g/mol. The highest BCUT2D eigenvalue weighted by molar-refractivity contribution is 7.91. The van der Waals surface area contributed by atoms with Crippen LogP contribution in [0.2, 0.25) is 0 Å². The Hall–Kier alpha value is -2.23. The number of para-hydroxylation sites is 1. The van der Waals surface area contributed by atoms with Crippen molar-refractivity contribution < 1.29 is 22.7 Å². The molecule has 2 aromatic rings. The average Bonchev–Trinajstić information content (AvgIpc) is 3.11. The number of nitrogens with zero attached hydrogens (tertiary/aromatic N) is 1. The molecule has 1 atom stereocenters. The van der Waals surface area contributed by atoms with Crippen LogP contribution in [0.25, 0.3) is 0 Å². The van der Waals surface area contributed by atoms with Crippen LogP contribution in [-0.2, 0) is 26.0 Å². The molecule has 1 amide bonds. The third-order valence-corrected chi connectivity index (χ3v) is 6.49. The van der Waals surface area contributed by atoms with Crippen molar-refractivity contribution in [2.24, 2.45) is 5.14 Å². The SMILES string of the molecule is C[C@H](OC(=O)c1csc(S(N)(=O)=O)c1)C(=O)N1CCCc2ccccc21. The van der Waals surface area contributed by atoms with Gasteiger partial charge >= 0.3 is 5.97 Å². The molecular weight excluding hydrogens is 376 g/mol. The van der Waals surface area contributed by atoms with Gasteiger partial charge in [0.1, 0.15) is 4.21 Å². The molecule has 138 valence electrons. The van der Waals surface area contributed by atoms with Gasteiger partial charge in [0.15, 0.2) is 6.10 Å². The lowest BCUT2D eigenvalue weighted by atomic mass is 10.0. The summed E-state index contributed by atoms with van der Waals surface area (Å²) in [6, 6.07) is 8.79. The molecule has 0 spiro atoms. The van der Waals surface area contributed by atoms with E-state index in [1.54, 1.807) is 4.90 Å². The van der Waals surface area contributed by atoms with Gasteiger partial charge in [-0.2, -0.15) is 0 Å². The Balaban J connectivity index is 1.72. The van der Waals surface area contributed by atoms with Crippen molar-refractivity contribution in [1.29, 1.82) is 0 Å². The first kappa shape index (κ1) is 18.6. The molecule has 1 aliphatic heterocycles. The normalized spacial score (nSPS) is 15.2. The van der Waals surface area contributed by atoms with Crippen molar-refractivity contribution in [3.05, 3.63) is 46.8 Å². The number of rotatable bonds is 4. The van der Waals surface area contributed by atoms with Crippen LogP contribution in [0.4, 0.5) is 5.69 Å². The number of ether oxygens (including phenoxy) is 1. The van der Waals surface area contributed by atoms with Crippen molar-refractivity contribution in [1.82, 2.24) is 0 Å². The molecule has 0 saturated carbocycles. The van der Waals surface area contributed by atoms with Crippen LogP contribution >= 0.6 is 11.3 Å². The number of carbonyl (C=O) groups is 2. The molecule has 7 nitrogen and oxygen atoms in total. The molecule has 0 radical (unpaired) electrons. The van der Waals surface area contributed by atoms with E-state index < -0.39 is 22.1 Å². The van der Waals surface area contributed by atoms with E-state index in [1.165, 1.54) is 12.3 Å². The fraction of sp³-hybridized carbons (Fsp3) is 0.294. The number of esters is 1. The number of fused-ring (bicyclic) bond motifs is 1. The zero-order chi connectivity index (χ0) is 18.9. The maximum Gasteiger partial charge on any atom is 0.339 e. The zero-order valence-corrected chi connectivity index (χ0v) is 15.7. The van der Waals surface area contributed by atoms with Gasteiger partial charge in [0.2, 0.25) is 10.0 Å². The van der Waals surface area contributed by atoms with E-state index >= 15 is 0 Å². The Morgan fingerprint density at radius 3 is 2.73 bits per heavy atom. The van der Waals surface area contributed by atoms with Gasteiger partial charge in [-0.15, -0.1) is 11.3 Å². The standard InChI is InChI=1S/C17H18N2O5S2/c1-11(24-17(21)13-9-15(25-10-13)26(18,22)23)16(20)19-8-4-6-12-5-2-3-7-14(12)19/h2-3,5,7,9-11H,4,6,8H2,1H3,(H2,18,22,23)/t11-/m0/s1. The summed E-state index contributed by atoms with van der Waals surface area (Å²) >= 11 is 0.830. The van der Waals surface area contributed by atoms with E-state index in [2.05, 4.69) is 0 Å². The Bertz CT molecular complexity index is 952. The molecule has 2 N–H and O–H groups in total. The summed E-state index contributed by atoms with van der Waals surface area (Å²) < 4.78 is 27.7. The van der Waals surface area contributed by atoms with Crippen molar-refractivity contribution in [2.45, 2.75) is 30.1 Å². The highest BCUT2D eigenvalue weighted by Crippen LogP contribution is 2.27. The predicted octanol–water partition coefficient (Wildman–Crippen LogP) is 1.92. The second-order valence-corrected chi connectivity index (χ2v) is 8.67. The molecule has 9 heteroatoms. The second kappa shape index (κ2) is 7.18. The number of nitrogens with two attached hydrogens (primary N) is 1. The summed E-state index contributed by atoms with van der Waals surface area (Å²) in [6.07, 6.45) is 0.747. The van der Waals surface area contributed by atoms with Crippen LogP contribution in [0.5, 0.6) is 0 Å². The molecule has 0 unspecified atom stereocenters. The number of sulfonamides is 1. The Labute approximate surface area is 155 Å². The van der Waals surface area contributed by atoms with Crippen molar-refractivity contribution in [2.75, 3.05) is 11.4 Å². The molecule has 1 aliphatic rings. The average molecular weight is 394 g/mol. The lowest BCUT2D eigenvalue weighted by Gasteiger charge is -2.31. The number of hydrogen-bond donors (Lipinski definition) is 1. The van der Waals surface area contributed by atoms with Gasteiger partial charge in [0.05, 0.1) is 5.56 Å². The van der Waals surface area contributed by atoms with Gasteiger partial charge in [0, 0.05) is 17.6 Å². The summed E-state index contributed by atoms with van der Waals surface area (Å²) in [5.41, 5.74) is 1.97. The van der Waals surface area contributed by atoms with Gasteiger partial charge in [0.25, 0.3) is 5.91 Å². The molecule has 2 heterocycles. The van der Waals surface area contributed by atoms with Crippen LogP contribution in [-0.4, -0.2) is 32.9 Å². The minimum Gasteiger partial charge on any atom is -0.449 e. The van der Waals surface area contributed by atoms with Gasteiger partial charge in [-0.05, 0) is 37.5 Å². The van der Waals surface area contributed by atoms with Crippen LogP contribution in [0.3, 0.4) is 0 Å². The quantitative estimate of drug-likeness (QED) is 0.798. The topological polar surface area (TPSA) is 107 Å². The number of hydrogen-bond acceptors (Lipinski definition) is 6. The van der Waals surface area contributed by atoms with Crippen molar-refractivity contribution >= 4 is 38.9 Å². The van der Waals surface area contributed by atoms with E-state index in [9.17, 15) is 18.0 Å². The number of primary sulfonamides is 1. The van der Waals surface area contributed by atoms with Gasteiger partial charge in [-0.25, -0.2) is 18.4 Å². The summed E-state index contributed by atoms with van der Waals surface area (Å²) in [4.78, 5) is 26.6. The summed E-state index contributed by atoms with van der Waals surface area (Å²) in [5.74, 6) is -1.07. The molecule has 0 aliphatic carbocycles. The van der Waals surface area contributed by atoms with Crippen LogP contribution < -0.4 is 10.0 Å². The number of amides is 1. The van der Waals surface area contributed by atoms with E-state index in [-0.39, 0.29) is 15.7 Å². The summed E-state index contributed by atoms with van der Waals surface area (Å²) in [6.45, 7) is 2.07. The molecule has 1 aromatic carbocycles. The molecule has 0 saturated heterocycles. The fourth-order valence-electron chi connectivity index (χ4n) is 2.83. The third-order valence-electron chi connectivity index (χ3n) is 4.10. The Morgan fingerprint density at radius 2 is 2.04 bits per heavy atom. The second-order valence-electron chi connectivity index (χ2n) is 5.97. The summed E-state index contributed by atoms with van der Waals surface area (Å²) in [5, 5.41) is 6.37. The van der Waals surface area contributed by atoms with Crippen LogP contribution in [0.1, 0.15) is 29.3 Å². The Morgan fingerprint density at radius 1 is 1.31 bits per heavy atom. The van der Waals surface area contributed by atoms with Gasteiger partial charge in [-0.3, -0.25) is 4.79 Å². The fourth-order valence-corrected chi connectivity index (χ4v) is 4.41. The molecule has 26 heavy (non-hydrogen) atoms. The molecule has 1 aromatic heterocycles. The van der Waals surface area contributed by atoms with E-state index in [0.717, 1.165) is 41.5 Å². The maximum absolute atomic E-state index is 12.7. The third kappa shape index (κ3) is 3.79. The number of anilines is 1. The largest absolute Gasteiger partial charge is 0.449 e. The highest BCUT2D eigenvalue weighted by Gasteiger charge is 2.29. The smallest absolute Gasteiger partial charge is 0.339 e. The highest BCUT2D eigenvalue weighted by atomic mass is 32.2. The number of carbonyl (C=O) groups excluding carboxylic acids is 2. The number of aryl methyl sites for hydroxylation is 1. The zero-order valence-electron chi connectivity index (χ0n) is 14.0.